The van der Waals surface area contributed by atoms with Crippen LogP contribution in [0.1, 0.15) is 50.0 Å². The Morgan fingerprint density at radius 3 is 2.20 bits per heavy atom. The van der Waals surface area contributed by atoms with Gasteiger partial charge in [-0.25, -0.2) is 0 Å². The van der Waals surface area contributed by atoms with Crippen molar-refractivity contribution in [3.8, 4) is 5.75 Å². The lowest BCUT2D eigenvalue weighted by atomic mass is 9.87. The fourth-order valence-corrected chi connectivity index (χ4v) is 2.76. The predicted octanol–water partition coefficient (Wildman–Crippen LogP) is 4.16. The summed E-state index contributed by atoms with van der Waals surface area (Å²) in [4.78, 5) is 24.5. The molecule has 2 N–H and O–H groups in total. The number of amides is 2. The first kappa shape index (κ1) is 23.4. The van der Waals surface area contributed by atoms with Gasteiger partial charge in [0.05, 0.1) is 0 Å². The van der Waals surface area contributed by atoms with Gasteiger partial charge >= 0.3 is 0 Å². The third kappa shape index (κ3) is 7.19. The largest absolute Gasteiger partial charge is 0.481 e. The second-order valence-electron chi connectivity index (χ2n) is 8.20. The zero-order chi connectivity index (χ0) is 22.1. The van der Waals surface area contributed by atoms with Gasteiger partial charge in [-0.2, -0.15) is 0 Å². The Morgan fingerprint density at radius 2 is 1.63 bits per heavy atom. The first-order valence-electron chi connectivity index (χ1n) is 10.2. The second-order valence-corrected chi connectivity index (χ2v) is 8.20. The first-order valence-corrected chi connectivity index (χ1v) is 10.2. The van der Waals surface area contributed by atoms with Gasteiger partial charge in [0.1, 0.15) is 5.75 Å². The minimum atomic E-state index is -0.658. The Morgan fingerprint density at radius 1 is 1.00 bits per heavy atom. The average molecular weight is 413 g/mol. The normalized spacial score (nSPS) is 12.2. The number of benzene rings is 2. The van der Waals surface area contributed by atoms with E-state index >= 15 is 0 Å². The van der Waals surface area contributed by atoms with Gasteiger partial charge in [0.25, 0.3) is 11.8 Å². The van der Waals surface area contributed by atoms with Crippen LogP contribution in [-0.2, 0) is 14.9 Å². The molecule has 0 saturated carbocycles. The van der Waals surface area contributed by atoms with Crippen molar-refractivity contribution >= 4 is 17.5 Å². The summed E-state index contributed by atoms with van der Waals surface area (Å²) in [5.74, 6) is 0.234. The number of carbonyl (C=O) groups excluding carboxylic acids is 2. The molecule has 1 atom stereocenters. The minimum Gasteiger partial charge on any atom is -0.481 e. The summed E-state index contributed by atoms with van der Waals surface area (Å²) in [6, 6.07) is 14.5. The van der Waals surface area contributed by atoms with Gasteiger partial charge in [-0.15, -0.1) is 0 Å². The van der Waals surface area contributed by atoms with Crippen molar-refractivity contribution in [2.45, 2.75) is 45.6 Å². The number of hydrogen-bond acceptors (Lipinski definition) is 4. The fourth-order valence-electron chi connectivity index (χ4n) is 2.76. The zero-order valence-corrected chi connectivity index (χ0v) is 18.5. The zero-order valence-electron chi connectivity index (χ0n) is 18.5. The average Bonchev–Trinajstić information content (AvgIpc) is 2.71. The van der Waals surface area contributed by atoms with E-state index in [1.165, 1.54) is 5.56 Å². The lowest BCUT2D eigenvalue weighted by molar-refractivity contribution is -0.122. The maximum Gasteiger partial charge on any atom is 0.265 e. The summed E-state index contributed by atoms with van der Waals surface area (Å²) in [7, 11) is 1.63. The molecule has 0 aliphatic rings. The van der Waals surface area contributed by atoms with E-state index in [4.69, 9.17) is 9.47 Å². The fraction of sp³-hybridized carbons (Fsp3) is 0.417. The maximum absolute atomic E-state index is 12.4. The van der Waals surface area contributed by atoms with E-state index in [9.17, 15) is 9.59 Å². The number of nitrogens with one attached hydrogen (secondary N) is 2. The molecule has 0 radical (unpaired) electrons. The van der Waals surface area contributed by atoms with Crippen LogP contribution in [0.2, 0.25) is 0 Å². The van der Waals surface area contributed by atoms with Gasteiger partial charge < -0.3 is 20.1 Å². The molecule has 0 fully saturated rings. The molecule has 2 aromatic rings. The molecule has 0 aliphatic carbocycles. The van der Waals surface area contributed by atoms with Crippen LogP contribution in [0.3, 0.4) is 0 Å². The molecule has 0 heterocycles. The summed E-state index contributed by atoms with van der Waals surface area (Å²) >= 11 is 0. The van der Waals surface area contributed by atoms with Crippen LogP contribution < -0.4 is 15.4 Å². The number of hydrogen-bond donors (Lipinski definition) is 2. The summed E-state index contributed by atoms with van der Waals surface area (Å²) in [5.41, 5.74) is 2.41. The van der Waals surface area contributed by atoms with E-state index < -0.39 is 6.10 Å². The van der Waals surface area contributed by atoms with Crippen molar-refractivity contribution in [1.82, 2.24) is 5.32 Å². The van der Waals surface area contributed by atoms with Crippen LogP contribution in [0, 0.1) is 0 Å². The molecule has 2 amide bonds. The standard InChI is InChI=1S/C24H32N2O4/c1-17(30-21-13-9-19(10-14-21)24(2,3)4)22(27)26-20-11-7-18(8-12-20)23(28)25-15-6-16-29-5/h7-14,17H,6,15-16H2,1-5H3,(H,25,28)(H,26,27). The Kier molecular flexibility index (Phi) is 8.42. The lowest BCUT2D eigenvalue weighted by Gasteiger charge is -2.20. The van der Waals surface area contributed by atoms with Gasteiger partial charge in [-0.05, 0) is 60.7 Å². The topological polar surface area (TPSA) is 76.7 Å². The number of ether oxygens (including phenoxy) is 2. The van der Waals surface area contributed by atoms with E-state index in [2.05, 4.69) is 31.4 Å². The maximum atomic E-state index is 12.4. The van der Waals surface area contributed by atoms with Crippen LogP contribution in [0.5, 0.6) is 5.75 Å². The molecule has 0 spiro atoms. The highest BCUT2D eigenvalue weighted by molar-refractivity contribution is 5.96. The first-order chi connectivity index (χ1) is 14.2. The van der Waals surface area contributed by atoms with Crippen molar-refractivity contribution in [1.29, 1.82) is 0 Å². The van der Waals surface area contributed by atoms with E-state index in [1.54, 1.807) is 38.3 Å². The number of carbonyl (C=O) groups is 2. The molecule has 30 heavy (non-hydrogen) atoms. The van der Waals surface area contributed by atoms with Gasteiger partial charge in [0, 0.05) is 31.5 Å². The predicted molar refractivity (Wildman–Crippen MR) is 119 cm³/mol. The number of anilines is 1. The van der Waals surface area contributed by atoms with Crippen molar-refractivity contribution in [3.63, 3.8) is 0 Å². The van der Waals surface area contributed by atoms with Crippen LogP contribution in [0.25, 0.3) is 0 Å². The minimum absolute atomic E-state index is 0.0640. The van der Waals surface area contributed by atoms with E-state index in [0.29, 0.717) is 30.2 Å². The number of methoxy groups -OCH3 is 1. The highest BCUT2D eigenvalue weighted by atomic mass is 16.5. The van der Waals surface area contributed by atoms with Gasteiger partial charge in [0.2, 0.25) is 0 Å². The molecule has 0 bridgehead atoms. The Balaban J connectivity index is 1.87. The van der Waals surface area contributed by atoms with Crippen molar-refractivity contribution in [3.05, 3.63) is 59.7 Å². The Bertz CT molecular complexity index is 824. The Hall–Kier alpha value is -2.86. The van der Waals surface area contributed by atoms with Crippen LogP contribution in [0.4, 0.5) is 5.69 Å². The molecular weight excluding hydrogens is 380 g/mol. The number of rotatable bonds is 9. The molecule has 0 aromatic heterocycles. The van der Waals surface area contributed by atoms with Crippen molar-refractivity contribution in [2.75, 3.05) is 25.6 Å². The summed E-state index contributed by atoms with van der Waals surface area (Å²) < 4.78 is 10.7. The molecule has 2 aromatic carbocycles. The summed E-state index contributed by atoms with van der Waals surface area (Å²) in [6.45, 7) is 9.30. The van der Waals surface area contributed by atoms with Crippen LogP contribution in [0.15, 0.2) is 48.5 Å². The SMILES string of the molecule is COCCCNC(=O)c1ccc(NC(=O)C(C)Oc2ccc(C(C)(C)C)cc2)cc1. The van der Waals surface area contributed by atoms with E-state index in [0.717, 1.165) is 6.42 Å². The Labute approximate surface area is 179 Å². The molecule has 0 aliphatic heterocycles. The second kappa shape index (κ2) is 10.8. The molecule has 6 heteroatoms. The molecule has 162 valence electrons. The highest BCUT2D eigenvalue weighted by Crippen LogP contribution is 2.24. The molecule has 6 nitrogen and oxygen atoms in total. The monoisotopic (exact) mass is 412 g/mol. The van der Waals surface area contributed by atoms with Gasteiger partial charge in [0.15, 0.2) is 6.10 Å². The van der Waals surface area contributed by atoms with Crippen molar-refractivity contribution in [2.24, 2.45) is 0 Å². The third-order valence-corrected chi connectivity index (χ3v) is 4.63. The van der Waals surface area contributed by atoms with Crippen LogP contribution in [-0.4, -0.2) is 38.2 Å². The lowest BCUT2D eigenvalue weighted by Crippen LogP contribution is -2.30. The highest BCUT2D eigenvalue weighted by Gasteiger charge is 2.17. The summed E-state index contributed by atoms with van der Waals surface area (Å²) in [5, 5.41) is 5.64. The quantitative estimate of drug-likeness (QED) is 0.607. The van der Waals surface area contributed by atoms with Gasteiger partial charge in [-0.1, -0.05) is 32.9 Å². The molecule has 1 unspecified atom stereocenters. The summed E-state index contributed by atoms with van der Waals surface area (Å²) in [6.07, 6.45) is 0.0990. The molecule has 2 rings (SSSR count). The third-order valence-electron chi connectivity index (χ3n) is 4.63. The molecular formula is C24H32N2O4. The molecule has 0 saturated heterocycles. The van der Waals surface area contributed by atoms with E-state index in [1.807, 2.05) is 24.3 Å². The van der Waals surface area contributed by atoms with Crippen LogP contribution >= 0.6 is 0 Å². The smallest absolute Gasteiger partial charge is 0.265 e. The van der Waals surface area contributed by atoms with Crippen molar-refractivity contribution < 1.29 is 19.1 Å². The van der Waals surface area contributed by atoms with Gasteiger partial charge in [-0.3, -0.25) is 9.59 Å². The van der Waals surface area contributed by atoms with E-state index in [-0.39, 0.29) is 17.2 Å².